The number of ether oxygens (including phenoxy) is 1. The molecule has 21 heavy (non-hydrogen) atoms. The molecule has 0 saturated carbocycles. The molecule has 0 atom stereocenters. The van der Waals surface area contributed by atoms with E-state index in [1.54, 1.807) is 0 Å². The lowest BCUT2D eigenvalue weighted by atomic mass is 10.2. The van der Waals surface area contributed by atoms with Gasteiger partial charge in [0.05, 0.1) is 4.92 Å². The van der Waals surface area contributed by atoms with Gasteiger partial charge in [0.1, 0.15) is 12.9 Å². The van der Waals surface area contributed by atoms with Crippen LogP contribution in [0.25, 0.3) is 0 Å². The Hall–Kier alpha value is -2.83. The molecule has 0 aliphatic rings. The minimum Gasteiger partial charge on any atom is -0.482 e. The molecule has 0 unspecified atom stereocenters. The third-order valence-electron chi connectivity index (χ3n) is 2.69. The van der Waals surface area contributed by atoms with E-state index >= 15 is 0 Å². The van der Waals surface area contributed by atoms with E-state index in [2.05, 4.69) is 0 Å². The van der Waals surface area contributed by atoms with Gasteiger partial charge in [-0.1, -0.05) is 6.07 Å². The highest BCUT2D eigenvalue weighted by atomic mass is 19.2. The van der Waals surface area contributed by atoms with Crippen LogP contribution < -0.4 is 4.74 Å². The first-order chi connectivity index (χ1) is 10.0. The minimum absolute atomic E-state index is 0.0599. The van der Waals surface area contributed by atoms with Crippen molar-refractivity contribution in [3.63, 3.8) is 0 Å². The Labute approximate surface area is 117 Å². The van der Waals surface area contributed by atoms with Gasteiger partial charge in [0.2, 0.25) is 0 Å². The van der Waals surface area contributed by atoms with E-state index in [-0.39, 0.29) is 23.6 Å². The molecule has 0 N–H and O–H groups in total. The second kappa shape index (κ2) is 6.08. The largest absolute Gasteiger partial charge is 0.482 e. The van der Waals surface area contributed by atoms with Crippen LogP contribution in [0.5, 0.6) is 5.75 Å². The molecule has 0 fully saturated rings. The highest BCUT2D eigenvalue weighted by Crippen LogP contribution is 2.28. The van der Waals surface area contributed by atoms with Crippen LogP contribution in [0.3, 0.4) is 0 Å². The van der Waals surface area contributed by atoms with Crippen molar-refractivity contribution in [1.29, 1.82) is 0 Å². The third kappa shape index (κ3) is 3.38. The Bertz CT molecular complexity index is 703. The summed E-state index contributed by atoms with van der Waals surface area (Å²) in [7, 11) is 0. The van der Waals surface area contributed by atoms with Crippen molar-refractivity contribution in [1.82, 2.24) is 0 Å². The summed E-state index contributed by atoms with van der Waals surface area (Å²) in [6.07, 6.45) is 0.478. The smallest absolute Gasteiger partial charge is 0.311 e. The highest BCUT2D eigenvalue weighted by molar-refractivity contribution is 5.77. The predicted octanol–water partition coefficient (Wildman–Crippen LogP) is 3.26. The van der Waals surface area contributed by atoms with Crippen LogP contribution in [0, 0.1) is 21.7 Å². The van der Waals surface area contributed by atoms with Crippen LogP contribution in [0.15, 0.2) is 36.4 Å². The second-order valence-electron chi connectivity index (χ2n) is 4.14. The van der Waals surface area contributed by atoms with Gasteiger partial charge in [-0.15, -0.1) is 0 Å². The summed E-state index contributed by atoms with van der Waals surface area (Å²) in [6, 6.07) is 6.92. The summed E-state index contributed by atoms with van der Waals surface area (Å²) in [5, 5.41) is 10.9. The zero-order chi connectivity index (χ0) is 15.4. The number of nitro groups is 1. The van der Waals surface area contributed by atoms with Crippen LogP contribution in [-0.2, 0) is 6.61 Å². The molecule has 7 heteroatoms. The summed E-state index contributed by atoms with van der Waals surface area (Å²) in [5.74, 6) is -2.07. The Morgan fingerprint density at radius 1 is 1.14 bits per heavy atom. The number of carbonyl (C=O) groups is 1. The number of carbonyl (C=O) groups excluding carboxylic acids is 1. The molecule has 0 aliphatic carbocycles. The predicted molar refractivity (Wildman–Crippen MR) is 69.2 cm³/mol. The zero-order valence-corrected chi connectivity index (χ0v) is 10.6. The molecule has 2 aromatic carbocycles. The maximum absolute atomic E-state index is 13.0. The lowest BCUT2D eigenvalue weighted by Crippen LogP contribution is -2.01. The van der Waals surface area contributed by atoms with Crippen molar-refractivity contribution in [3.8, 4) is 5.75 Å². The first-order valence-electron chi connectivity index (χ1n) is 5.81. The topological polar surface area (TPSA) is 69.4 Å². The van der Waals surface area contributed by atoms with Gasteiger partial charge in [0.15, 0.2) is 17.4 Å². The quantitative estimate of drug-likeness (QED) is 0.482. The van der Waals surface area contributed by atoms with Crippen molar-refractivity contribution >= 4 is 12.0 Å². The molecule has 0 spiro atoms. The lowest BCUT2D eigenvalue weighted by Gasteiger charge is -2.07. The van der Waals surface area contributed by atoms with Gasteiger partial charge < -0.3 is 4.74 Å². The molecule has 2 aromatic rings. The van der Waals surface area contributed by atoms with Crippen LogP contribution in [-0.4, -0.2) is 11.2 Å². The van der Waals surface area contributed by atoms with Crippen molar-refractivity contribution in [3.05, 3.63) is 69.3 Å². The number of nitro benzene ring substituents is 1. The fourth-order valence-corrected chi connectivity index (χ4v) is 1.66. The molecule has 0 radical (unpaired) electrons. The minimum atomic E-state index is -1.03. The van der Waals surface area contributed by atoms with E-state index in [1.165, 1.54) is 18.2 Å². The van der Waals surface area contributed by atoms with Gasteiger partial charge in [0, 0.05) is 11.6 Å². The van der Waals surface area contributed by atoms with E-state index in [9.17, 15) is 23.7 Å². The summed E-state index contributed by atoms with van der Waals surface area (Å²) in [4.78, 5) is 20.8. The Kier molecular flexibility index (Phi) is 4.22. The molecule has 0 heterocycles. The zero-order valence-electron chi connectivity index (χ0n) is 10.6. The van der Waals surface area contributed by atoms with Crippen LogP contribution >= 0.6 is 0 Å². The van der Waals surface area contributed by atoms with E-state index in [4.69, 9.17) is 4.74 Å². The first-order valence-corrected chi connectivity index (χ1v) is 5.81. The number of aldehydes is 1. The Morgan fingerprint density at radius 2 is 1.90 bits per heavy atom. The second-order valence-corrected chi connectivity index (χ2v) is 4.14. The van der Waals surface area contributed by atoms with Gasteiger partial charge in [-0.05, 0) is 29.8 Å². The fraction of sp³-hybridized carbons (Fsp3) is 0.0714. The van der Waals surface area contributed by atoms with Crippen LogP contribution in [0.1, 0.15) is 15.9 Å². The molecule has 0 amide bonds. The molecule has 108 valence electrons. The molecule has 2 rings (SSSR count). The van der Waals surface area contributed by atoms with E-state index in [0.717, 1.165) is 18.2 Å². The van der Waals surface area contributed by atoms with Crippen molar-refractivity contribution < 1.29 is 23.2 Å². The average Bonchev–Trinajstić information content (AvgIpc) is 2.48. The molecule has 0 bridgehead atoms. The maximum Gasteiger partial charge on any atom is 0.311 e. The summed E-state index contributed by atoms with van der Waals surface area (Å²) in [6.45, 7) is -0.168. The summed E-state index contributed by atoms with van der Waals surface area (Å²) in [5.41, 5.74) is 0.0896. The summed E-state index contributed by atoms with van der Waals surface area (Å²) < 4.78 is 31.0. The molecular weight excluding hydrogens is 284 g/mol. The molecule has 5 nitrogen and oxygen atoms in total. The number of benzene rings is 2. The third-order valence-corrected chi connectivity index (χ3v) is 2.69. The number of nitrogens with zero attached hydrogens (tertiary/aromatic N) is 1. The van der Waals surface area contributed by atoms with Gasteiger partial charge in [-0.25, -0.2) is 8.78 Å². The normalized spacial score (nSPS) is 10.2. The van der Waals surface area contributed by atoms with Crippen LogP contribution in [0.2, 0.25) is 0 Å². The van der Waals surface area contributed by atoms with Crippen molar-refractivity contribution in [2.45, 2.75) is 6.61 Å². The van der Waals surface area contributed by atoms with Gasteiger partial charge in [-0.2, -0.15) is 0 Å². The first kappa shape index (κ1) is 14.6. The highest BCUT2D eigenvalue weighted by Gasteiger charge is 2.16. The molecule has 0 saturated heterocycles. The standard InChI is InChI=1S/C14H9F2NO4/c15-11-3-1-10(5-12(11)16)8-21-14-4-2-9(7-18)6-13(14)17(19)20/h1-7H,8H2. The lowest BCUT2D eigenvalue weighted by molar-refractivity contribution is -0.386. The number of hydrogen-bond donors (Lipinski definition) is 0. The fourth-order valence-electron chi connectivity index (χ4n) is 1.66. The average molecular weight is 293 g/mol. The van der Waals surface area contributed by atoms with E-state index < -0.39 is 16.6 Å². The molecular formula is C14H9F2NO4. The van der Waals surface area contributed by atoms with Gasteiger partial charge in [0.25, 0.3) is 0 Å². The van der Waals surface area contributed by atoms with E-state index in [0.29, 0.717) is 11.8 Å². The number of rotatable bonds is 5. The van der Waals surface area contributed by atoms with Gasteiger partial charge >= 0.3 is 5.69 Å². The Balaban J connectivity index is 2.21. The Morgan fingerprint density at radius 3 is 2.52 bits per heavy atom. The van der Waals surface area contributed by atoms with E-state index in [1.807, 2.05) is 0 Å². The monoisotopic (exact) mass is 293 g/mol. The van der Waals surface area contributed by atoms with Gasteiger partial charge in [-0.3, -0.25) is 14.9 Å². The number of halogens is 2. The number of hydrogen-bond acceptors (Lipinski definition) is 4. The maximum atomic E-state index is 13.0. The SMILES string of the molecule is O=Cc1ccc(OCc2ccc(F)c(F)c2)c([N+](=O)[O-])c1. The van der Waals surface area contributed by atoms with Crippen LogP contribution in [0.4, 0.5) is 14.5 Å². The summed E-state index contributed by atoms with van der Waals surface area (Å²) >= 11 is 0. The molecule has 0 aromatic heterocycles. The molecule has 0 aliphatic heterocycles. The van der Waals surface area contributed by atoms with Crippen molar-refractivity contribution in [2.75, 3.05) is 0 Å². The van der Waals surface area contributed by atoms with Crippen molar-refractivity contribution in [2.24, 2.45) is 0 Å².